The van der Waals surface area contributed by atoms with Crippen LogP contribution in [-0.2, 0) is 24.4 Å². The third kappa shape index (κ3) is 7.39. The number of carbonyl (C=O) groups is 4. The number of allylic oxidation sites excluding steroid dienone is 1. The van der Waals surface area contributed by atoms with Crippen molar-refractivity contribution in [1.82, 2.24) is 30.2 Å². The molecule has 0 spiro atoms. The first kappa shape index (κ1) is 37.3. The second-order valence-corrected chi connectivity index (χ2v) is 17.2. The van der Waals surface area contributed by atoms with Crippen molar-refractivity contribution in [3.8, 4) is 5.88 Å². The van der Waals surface area contributed by atoms with Gasteiger partial charge in [0.1, 0.15) is 40.8 Å². The molecule has 7 rings (SSSR count). The number of hydrogen-bond acceptors (Lipinski definition) is 9. The van der Waals surface area contributed by atoms with Gasteiger partial charge in [0, 0.05) is 17.9 Å². The molecule has 2 aliphatic carbocycles. The molecule has 1 unspecified atom stereocenters. The molecule has 4 aliphatic rings. The van der Waals surface area contributed by atoms with Crippen LogP contribution in [0.2, 0.25) is 0 Å². The fourth-order valence-corrected chi connectivity index (χ4v) is 8.49. The number of aryl methyl sites for hydroxylation is 1. The van der Waals surface area contributed by atoms with Crippen molar-refractivity contribution in [3.05, 3.63) is 77.5 Å². The van der Waals surface area contributed by atoms with E-state index < -0.39 is 79.7 Å². The number of benzene rings is 2. The second-order valence-electron chi connectivity index (χ2n) is 15.0. The minimum Gasteiger partial charge on any atom is -0.471 e. The van der Waals surface area contributed by atoms with E-state index in [1.807, 2.05) is 12.2 Å². The first-order valence-corrected chi connectivity index (χ1v) is 19.7. The van der Waals surface area contributed by atoms with Gasteiger partial charge in [0.05, 0.1) is 16.8 Å². The highest BCUT2D eigenvalue weighted by Gasteiger charge is 2.63. The molecule has 16 heteroatoms. The van der Waals surface area contributed by atoms with Crippen LogP contribution in [0.4, 0.5) is 8.78 Å². The molecule has 2 aromatic carbocycles. The van der Waals surface area contributed by atoms with Crippen molar-refractivity contribution in [2.45, 2.75) is 100 Å². The van der Waals surface area contributed by atoms with E-state index in [1.165, 1.54) is 29.2 Å². The number of sulfonamides is 1. The van der Waals surface area contributed by atoms with Gasteiger partial charge in [-0.05, 0) is 88.8 Å². The van der Waals surface area contributed by atoms with E-state index in [2.05, 4.69) is 25.3 Å². The SMILES string of the molecule is Cc1nc2cccc(F)c2nc1O[C@@H]1C[C@H]2C(=O)N[C@]3(C(=O)NS(=O)(=O)C4(C)CC4)CC3/C=C\CCCCC[C@H](NC(=O)c3ccc(F)cc3)C(=O)N2C1. The first-order valence-electron chi connectivity index (χ1n) is 18.2. The van der Waals surface area contributed by atoms with Crippen LogP contribution in [0.1, 0.15) is 80.8 Å². The number of rotatable bonds is 7. The number of amides is 4. The van der Waals surface area contributed by atoms with Gasteiger partial charge in [-0.1, -0.05) is 31.1 Å². The van der Waals surface area contributed by atoms with E-state index in [4.69, 9.17) is 4.74 Å². The van der Waals surface area contributed by atoms with Crippen molar-refractivity contribution in [2.24, 2.45) is 5.92 Å². The molecule has 3 N–H and O–H groups in total. The molecule has 3 fully saturated rings. The van der Waals surface area contributed by atoms with Crippen molar-refractivity contribution >= 4 is 44.7 Å². The lowest BCUT2D eigenvalue weighted by molar-refractivity contribution is -0.141. The van der Waals surface area contributed by atoms with Crippen LogP contribution in [0.15, 0.2) is 54.6 Å². The molecule has 0 radical (unpaired) electrons. The summed E-state index contributed by atoms with van der Waals surface area (Å²) >= 11 is 0. The van der Waals surface area contributed by atoms with E-state index >= 15 is 0 Å². The Labute approximate surface area is 311 Å². The number of hydrogen-bond donors (Lipinski definition) is 3. The summed E-state index contributed by atoms with van der Waals surface area (Å²) in [4.78, 5) is 66.0. The summed E-state index contributed by atoms with van der Waals surface area (Å²) in [6.07, 6.45) is 6.68. The lowest BCUT2D eigenvalue weighted by atomic mass is 10.0. The zero-order valence-corrected chi connectivity index (χ0v) is 30.8. The molecule has 1 saturated heterocycles. The number of nitrogens with one attached hydrogen (secondary N) is 3. The molecule has 2 aliphatic heterocycles. The maximum Gasteiger partial charge on any atom is 0.259 e. The molecule has 54 heavy (non-hydrogen) atoms. The lowest BCUT2D eigenvalue weighted by Gasteiger charge is -2.30. The number of nitrogens with zero attached hydrogens (tertiary/aromatic N) is 3. The number of fused-ring (bicyclic) bond motifs is 3. The molecule has 5 atom stereocenters. The molecule has 3 heterocycles. The van der Waals surface area contributed by atoms with Crippen molar-refractivity contribution < 1.29 is 41.1 Å². The highest BCUT2D eigenvalue weighted by Crippen LogP contribution is 2.47. The topological polar surface area (TPSA) is 177 Å². The third-order valence-corrected chi connectivity index (χ3v) is 13.1. The van der Waals surface area contributed by atoms with E-state index in [-0.39, 0.29) is 42.8 Å². The van der Waals surface area contributed by atoms with Gasteiger partial charge in [-0.3, -0.25) is 23.9 Å². The predicted molar refractivity (Wildman–Crippen MR) is 192 cm³/mol. The third-order valence-electron chi connectivity index (χ3n) is 10.9. The minimum absolute atomic E-state index is 0.0105. The van der Waals surface area contributed by atoms with Crippen LogP contribution in [0.5, 0.6) is 5.88 Å². The Morgan fingerprint density at radius 3 is 2.54 bits per heavy atom. The van der Waals surface area contributed by atoms with Gasteiger partial charge >= 0.3 is 0 Å². The molecule has 4 amide bonds. The van der Waals surface area contributed by atoms with Crippen LogP contribution in [0.25, 0.3) is 11.0 Å². The van der Waals surface area contributed by atoms with Crippen LogP contribution >= 0.6 is 0 Å². The maximum atomic E-state index is 14.7. The largest absolute Gasteiger partial charge is 0.471 e. The van der Waals surface area contributed by atoms with Crippen LogP contribution in [0, 0.1) is 24.5 Å². The quantitative estimate of drug-likeness (QED) is 0.303. The normalized spacial score (nSPS) is 27.4. The Morgan fingerprint density at radius 1 is 1.04 bits per heavy atom. The zero-order chi connectivity index (χ0) is 38.4. The molecule has 286 valence electrons. The average Bonchev–Trinajstić information content (AvgIpc) is 4.01. The summed E-state index contributed by atoms with van der Waals surface area (Å²) < 4.78 is 61.9. The standard InChI is InChI=1S/C38H42F2N6O7S/c1-22-34(43-31-27(40)10-8-12-28(31)41-22)53-26-19-30-33(48)44-38(36(50)45-54(51,52)37(2)17-18-37)20-24(38)9-6-4-3-5-7-11-29(35(49)46(30)21-26)42-32(47)23-13-15-25(39)16-14-23/h6,8-10,12-16,24,26,29-30H,3-5,7,11,17-21H2,1-2H3,(H,42,47)(H,44,48)(H,45,50)/b9-6-/t24?,26-,29+,30+,38-/m1/s1. The van der Waals surface area contributed by atoms with Gasteiger partial charge in [0.25, 0.3) is 11.8 Å². The number of halogens is 2. The number of ether oxygens (including phenoxy) is 1. The zero-order valence-electron chi connectivity index (χ0n) is 29.9. The Morgan fingerprint density at radius 2 is 1.80 bits per heavy atom. The van der Waals surface area contributed by atoms with Crippen molar-refractivity contribution in [2.75, 3.05) is 6.54 Å². The molecule has 0 bridgehead atoms. The van der Waals surface area contributed by atoms with Gasteiger partial charge in [-0.15, -0.1) is 0 Å². The summed E-state index contributed by atoms with van der Waals surface area (Å²) in [5.74, 6) is -4.34. The average molecular weight is 765 g/mol. The summed E-state index contributed by atoms with van der Waals surface area (Å²) in [5, 5.41) is 5.60. The summed E-state index contributed by atoms with van der Waals surface area (Å²) in [5.41, 5.74) is -0.774. The summed E-state index contributed by atoms with van der Waals surface area (Å²) in [7, 11) is -4.03. The highest BCUT2D eigenvalue weighted by molar-refractivity contribution is 7.91. The van der Waals surface area contributed by atoms with E-state index in [0.29, 0.717) is 43.3 Å². The lowest BCUT2D eigenvalue weighted by Crippen LogP contribution is -2.58. The Kier molecular flexibility index (Phi) is 9.91. The fraction of sp³-hybridized carbons (Fsp3) is 0.474. The molecule has 1 aromatic heterocycles. The van der Waals surface area contributed by atoms with Gasteiger partial charge in [0.2, 0.25) is 27.7 Å². The molecule has 2 saturated carbocycles. The van der Waals surface area contributed by atoms with Gasteiger partial charge in [0.15, 0.2) is 5.82 Å². The van der Waals surface area contributed by atoms with Gasteiger partial charge in [-0.2, -0.15) is 0 Å². The molecular weight excluding hydrogens is 723 g/mol. The number of aromatic nitrogens is 2. The highest BCUT2D eigenvalue weighted by atomic mass is 32.2. The smallest absolute Gasteiger partial charge is 0.259 e. The molecular formula is C38H42F2N6O7S. The number of carbonyl (C=O) groups excluding carboxylic acids is 4. The maximum absolute atomic E-state index is 14.7. The second kappa shape index (κ2) is 14.3. The first-order chi connectivity index (χ1) is 25.7. The van der Waals surface area contributed by atoms with Crippen molar-refractivity contribution in [1.29, 1.82) is 0 Å². The van der Waals surface area contributed by atoms with Gasteiger partial charge in [-0.25, -0.2) is 27.2 Å². The molecule has 13 nitrogen and oxygen atoms in total. The van der Waals surface area contributed by atoms with Gasteiger partial charge < -0.3 is 20.3 Å². The predicted octanol–water partition coefficient (Wildman–Crippen LogP) is 3.76. The van der Waals surface area contributed by atoms with E-state index in [1.54, 1.807) is 19.9 Å². The number of para-hydroxylation sites is 1. The van der Waals surface area contributed by atoms with Crippen LogP contribution in [0.3, 0.4) is 0 Å². The van der Waals surface area contributed by atoms with Crippen LogP contribution < -0.4 is 20.1 Å². The van der Waals surface area contributed by atoms with E-state index in [9.17, 15) is 36.4 Å². The Bertz CT molecular complexity index is 2150. The van der Waals surface area contributed by atoms with E-state index in [0.717, 1.165) is 18.6 Å². The molecule has 3 aromatic rings. The Balaban J connectivity index is 1.20. The minimum atomic E-state index is -4.03. The fourth-order valence-electron chi connectivity index (χ4n) is 7.17. The van der Waals surface area contributed by atoms with Crippen LogP contribution in [-0.4, -0.2) is 81.9 Å². The Hall–Kier alpha value is -4.99. The monoisotopic (exact) mass is 764 g/mol. The summed E-state index contributed by atoms with van der Waals surface area (Å²) in [6, 6.07) is 6.97. The summed E-state index contributed by atoms with van der Waals surface area (Å²) in [6.45, 7) is 3.06. The van der Waals surface area contributed by atoms with Crippen molar-refractivity contribution in [3.63, 3.8) is 0 Å².